The highest BCUT2D eigenvalue weighted by Gasteiger charge is 2.32. The normalized spacial score (nSPS) is 18.7. The topological polar surface area (TPSA) is 67.3 Å². The zero-order valence-corrected chi connectivity index (χ0v) is 13.3. The van der Waals surface area contributed by atoms with Crippen molar-refractivity contribution < 1.29 is 17.1 Å². The number of aromatic nitrogens is 1. The molecular formula is C16H17FN2O3S. The first-order valence-electron chi connectivity index (χ1n) is 7.44. The molecule has 1 aliphatic rings. The second-order valence-electron chi connectivity index (χ2n) is 5.89. The van der Waals surface area contributed by atoms with Gasteiger partial charge in [0.05, 0.1) is 5.75 Å². The molecule has 0 N–H and O–H groups in total. The van der Waals surface area contributed by atoms with E-state index in [9.17, 15) is 17.1 Å². The van der Waals surface area contributed by atoms with Crippen LogP contribution in [0.3, 0.4) is 0 Å². The number of carbonyl (C=O) groups is 1. The Bertz CT molecular complexity index is 833. The monoisotopic (exact) mass is 336 g/mol. The minimum absolute atomic E-state index is 0.0942. The van der Waals surface area contributed by atoms with E-state index in [1.165, 1.54) is 0 Å². The van der Waals surface area contributed by atoms with Gasteiger partial charge in [-0.25, -0.2) is 0 Å². The van der Waals surface area contributed by atoms with Crippen LogP contribution in [0.2, 0.25) is 0 Å². The van der Waals surface area contributed by atoms with Crippen LogP contribution in [0.15, 0.2) is 36.7 Å². The summed E-state index contributed by atoms with van der Waals surface area (Å²) in [6.45, 7) is 0.775. The second kappa shape index (κ2) is 6.23. The molecule has 0 bridgehead atoms. The minimum Gasteiger partial charge on any atom is -0.342 e. The summed E-state index contributed by atoms with van der Waals surface area (Å²) in [5, 5.41) is 2.14. The molecule has 1 unspecified atom stereocenters. The van der Waals surface area contributed by atoms with Crippen molar-refractivity contribution in [2.24, 2.45) is 5.92 Å². The standard InChI is InChI=1S/C16H17FN2O3S/c17-23(21,22)11-12-7-16(20)19(10-12)6-5-14-9-18-8-13-3-1-2-4-15(13)14/h1-4,8-9,12H,5-7,10-11H2. The third-order valence-electron chi connectivity index (χ3n) is 4.13. The molecule has 1 aromatic heterocycles. The van der Waals surface area contributed by atoms with E-state index >= 15 is 0 Å². The zero-order valence-electron chi connectivity index (χ0n) is 12.5. The van der Waals surface area contributed by atoms with Crippen molar-refractivity contribution in [3.05, 3.63) is 42.2 Å². The van der Waals surface area contributed by atoms with Gasteiger partial charge in [0, 0.05) is 43.2 Å². The summed E-state index contributed by atoms with van der Waals surface area (Å²) in [6, 6.07) is 7.89. The summed E-state index contributed by atoms with van der Waals surface area (Å²) in [4.78, 5) is 17.8. The van der Waals surface area contributed by atoms with Crippen molar-refractivity contribution in [3.8, 4) is 0 Å². The van der Waals surface area contributed by atoms with Gasteiger partial charge < -0.3 is 4.90 Å². The first-order chi connectivity index (χ1) is 10.9. The van der Waals surface area contributed by atoms with E-state index in [-0.39, 0.29) is 12.3 Å². The molecule has 122 valence electrons. The maximum atomic E-state index is 12.8. The van der Waals surface area contributed by atoms with Crippen LogP contribution < -0.4 is 0 Å². The molecule has 7 heteroatoms. The van der Waals surface area contributed by atoms with Gasteiger partial charge in [-0.1, -0.05) is 24.3 Å². The van der Waals surface area contributed by atoms with E-state index in [0.717, 1.165) is 16.3 Å². The molecule has 1 amide bonds. The van der Waals surface area contributed by atoms with Crippen LogP contribution in [0, 0.1) is 5.92 Å². The summed E-state index contributed by atoms with van der Waals surface area (Å²) in [5.74, 6) is -1.15. The lowest BCUT2D eigenvalue weighted by atomic mass is 10.1. The van der Waals surface area contributed by atoms with Gasteiger partial charge in [0.2, 0.25) is 5.91 Å². The molecule has 0 aliphatic carbocycles. The van der Waals surface area contributed by atoms with Crippen LogP contribution in [-0.2, 0) is 21.4 Å². The number of benzene rings is 1. The Morgan fingerprint density at radius 1 is 1.26 bits per heavy atom. The van der Waals surface area contributed by atoms with Crippen LogP contribution in [0.1, 0.15) is 12.0 Å². The van der Waals surface area contributed by atoms with E-state index in [2.05, 4.69) is 4.98 Å². The van der Waals surface area contributed by atoms with Gasteiger partial charge in [-0.2, -0.15) is 8.42 Å². The third-order valence-corrected chi connectivity index (χ3v) is 5.00. The number of amides is 1. The zero-order chi connectivity index (χ0) is 16.4. The highest BCUT2D eigenvalue weighted by atomic mass is 32.3. The van der Waals surface area contributed by atoms with E-state index < -0.39 is 21.9 Å². The molecule has 1 aliphatic heterocycles. The van der Waals surface area contributed by atoms with Crippen LogP contribution in [0.5, 0.6) is 0 Å². The van der Waals surface area contributed by atoms with Gasteiger partial charge >= 0.3 is 10.2 Å². The Hall–Kier alpha value is -2.02. The fourth-order valence-corrected chi connectivity index (χ4v) is 3.88. The van der Waals surface area contributed by atoms with Crippen molar-refractivity contribution in [3.63, 3.8) is 0 Å². The summed E-state index contributed by atoms with van der Waals surface area (Å²) < 4.78 is 34.2. The molecule has 23 heavy (non-hydrogen) atoms. The fraction of sp³-hybridized carbons (Fsp3) is 0.375. The Morgan fingerprint density at radius 3 is 2.83 bits per heavy atom. The lowest BCUT2D eigenvalue weighted by Gasteiger charge is -2.16. The van der Waals surface area contributed by atoms with E-state index in [0.29, 0.717) is 19.5 Å². The second-order valence-corrected chi connectivity index (χ2v) is 7.30. The summed E-state index contributed by atoms with van der Waals surface area (Å²) >= 11 is 0. The Morgan fingerprint density at radius 2 is 2.04 bits per heavy atom. The fourth-order valence-electron chi connectivity index (χ4n) is 3.10. The molecule has 0 spiro atoms. The number of nitrogens with zero attached hydrogens (tertiary/aromatic N) is 2. The number of hydrogen-bond donors (Lipinski definition) is 0. The molecule has 2 heterocycles. The van der Waals surface area contributed by atoms with E-state index in [4.69, 9.17) is 0 Å². The molecule has 0 saturated carbocycles. The van der Waals surface area contributed by atoms with E-state index in [1.807, 2.05) is 24.3 Å². The van der Waals surface area contributed by atoms with Gasteiger partial charge in [-0.05, 0) is 17.4 Å². The average molecular weight is 336 g/mol. The van der Waals surface area contributed by atoms with Crippen molar-refractivity contribution in [1.29, 1.82) is 0 Å². The van der Waals surface area contributed by atoms with Crippen LogP contribution in [-0.4, -0.2) is 43.1 Å². The summed E-state index contributed by atoms with van der Waals surface area (Å²) in [5.41, 5.74) is 1.04. The smallest absolute Gasteiger partial charge is 0.302 e. The van der Waals surface area contributed by atoms with Crippen molar-refractivity contribution in [1.82, 2.24) is 9.88 Å². The average Bonchev–Trinajstić information content (AvgIpc) is 2.82. The van der Waals surface area contributed by atoms with Gasteiger partial charge in [-0.15, -0.1) is 3.89 Å². The first kappa shape index (κ1) is 15.9. The predicted molar refractivity (Wildman–Crippen MR) is 85.0 cm³/mol. The summed E-state index contributed by atoms with van der Waals surface area (Å²) in [6.07, 6.45) is 4.31. The van der Waals surface area contributed by atoms with Gasteiger partial charge in [0.1, 0.15) is 0 Å². The van der Waals surface area contributed by atoms with Crippen molar-refractivity contribution in [2.45, 2.75) is 12.8 Å². The molecule has 3 rings (SSSR count). The number of hydrogen-bond acceptors (Lipinski definition) is 4. The predicted octanol–water partition coefficient (Wildman–Crippen LogP) is 1.93. The Kier molecular flexibility index (Phi) is 4.30. The van der Waals surface area contributed by atoms with E-state index in [1.54, 1.807) is 17.3 Å². The SMILES string of the molecule is O=C1CC(CS(=O)(=O)F)CN1CCc1cncc2ccccc12. The quantitative estimate of drug-likeness (QED) is 0.783. The molecule has 2 aromatic rings. The third kappa shape index (κ3) is 3.85. The molecule has 5 nitrogen and oxygen atoms in total. The lowest BCUT2D eigenvalue weighted by Crippen LogP contribution is -2.28. The highest BCUT2D eigenvalue weighted by Crippen LogP contribution is 2.22. The van der Waals surface area contributed by atoms with Crippen molar-refractivity contribution in [2.75, 3.05) is 18.8 Å². The maximum absolute atomic E-state index is 12.8. The maximum Gasteiger partial charge on any atom is 0.302 e. The number of halogens is 1. The van der Waals surface area contributed by atoms with Gasteiger partial charge in [0.25, 0.3) is 0 Å². The number of fused-ring (bicyclic) bond motifs is 1. The molecule has 1 atom stereocenters. The number of likely N-dealkylation sites (tertiary alicyclic amines) is 1. The summed E-state index contributed by atoms with van der Waals surface area (Å²) in [7, 11) is -4.54. The van der Waals surface area contributed by atoms with Crippen LogP contribution in [0.4, 0.5) is 3.89 Å². The molecular weight excluding hydrogens is 319 g/mol. The molecule has 1 aromatic carbocycles. The first-order valence-corrected chi connectivity index (χ1v) is 8.99. The Labute approximate surface area is 134 Å². The van der Waals surface area contributed by atoms with Crippen molar-refractivity contribution >= 4 is 26.9 Å². The number of rotatable bonds is 5. The molecule has 1 fully saturated rings. The largest absolute Gasteiger partial charge is 0.342 e. The lowest BCUT2D eigenvalue weighted by molar-refractivity contribution is -0.127. The number of pyridine rings is 1. The minimum atomic E-state index is -4.54. The van der Waals surface area contributed by atoms with Gasteiger partial charge in [-0.3, -0.25) is 9.78 Å². The Balaban J connectivity index is 1.67. The molecule has 1 saturated heterocycles. The number of carbonyl (C=O) groups excluding carboxylic acids is 1. The highest BCUT2D eigenvalue weighted by molar-refractivity contribution is 7.86. The van der Waals surface area contributed by atoms with Crippen LogP contribution in [0.25, 0.3) is 10.8 Å². The van der Waals surface area contributed by atoms with Crippen LogP contribution >= 0.6 is 0 Å². The molecule has 0 radical (unpaired) electrons. The van der Waals surface area contributed by atoms with Gasteiger partial charge in [0.15, 0.2) is 0 Å².